The molecule has 1 aromatic rings. The van der Waals surface area contributed by atoms with E-state index >= 15 is 0 Å². The maximum Gasteiger partial charge on any atom is 0.0340 e. The first-order valence-electron chi connectivity index (χ1n) is 5.27. The van der Waals surface area contributed by atoms with E-state index in [4.69, 9.17) is 0 Å². The first kappa shape index (κ1) is 11.4. The zero-order valence-electron chi connectivity index (χ0n) is 9.05. The van der Waals surface area contributed by atoms with E-state index < -0.39 is 0 Å². The Morgan fingerprint density at radius 1 is 1.14 bits per heavy atom. The molecule has 0 aliphatic carbocycles. The van der Waals surface area contributed by atoms with Gasteiger partial charge in [-0.05, 0) is 29.9 Å². The van der Waals surface area contributed by atoms with Crippen LogP contribution < -0.4 is 5.32 Å². The third kappa shape index (κ3) is 4.05. The summed E-state index contributed by atoms with van der Waals surface area (Å²) in [6.45, 7) is 5.43. The first-order valence-corrected chi connectivity index (χ1v) is 6.42. The zero-order valence-corrected chi connectivity index (χ0v) is 9.86. The lowest BCUT2D eigenvalue weighted by molar-refractivity contribution is 0.979. The highest BCUT2D eigenvalue weighted by molar-refractivity contribution is 7.98. The Balaban J connectivity index is 2.42. The van der Waals surface area contributed by atoms with E-state index in [1.54, 1.807) is 0 Å². The van der Waals surface area contributed by atoms with Crippen LogP contribution in [-0.2, 0) is 5.75 Å². The molecule has 1 aromatic carbocycles. The number of hydrogen-bond donors (Lipinski definition) is 1. The summed E-state index contributed by atoms with van der Waals surface area (Å²) in [4.78, 5) is 0. The van der Waals surface area contributed by atoms with Gasteiger partial charge in [-0.3, -0.25) is 0 Å². The van der Waals surface area contributed by atoms with E-state index in [1.165, 1.54) is 23.4 Å². The van der Waals surface area contributed by atoms with Gasteiger partial charge in [-0.25, -0.2) is 0 Å². The van der Waals surface area contributed by atoms with Gasteiger partial charge in [-0.2, -0.15) is 11.8 Å². The van der Waals surface area contributed by atoms with Crippen LogP contribution in [0.15, 0.2) is 24.3 Å². The molecule has 0 amide bonds. The molecule has 0 saturated heterocycles. The minimum Gasteiger partial charge on any atom is -0.385 e. The molecule has 0 unspecified atom stereocenters. The summed E-state index contributed by atoms with van der Waals surface area (Å²) < 4.78 is 0. The molecule has 0 atom stereocenters. The van der Waals surface area contributed by atoms with Crippen molar-refractivity contribution >= 4 is 17.4 Å². The van der Waals surface area contributed by atoms with Crippen molar-refractivity contribution in [2.24, 2.45) is 0 Å². The third-order valence-corrected chi connectivity index (χ3v) is 2.95. The molecular formula is C12H19NS. The summed E-state index contributed by atoms with van der Waals surface area (Å²) in [5.41, 5.74) is 2.65. The fraction of sp³-hybridized carbons (Fsp3) is 0.500. The van der Waals surface area contributed by atoms with Crippen LogP contribution in [0, 0.1) is 0 Å². The molecule has 0 fully saturated rings. The van der Waals surface area contributed by atoms with E-state index in [2.05, 4.69) is 43.4 Å². The van der Waals surface area contributed by atoms with Crippen molar-refractivity contribution < 1.29 is 0 Å². The van der Waals surface area contributed by atoms with Crippen molar-refractivity contribution in [2.75, 3.05) is 17.6 Å². The van der Waals surface area contributed by atoms with Gasteiger partial charge in [0.15, 0.2) is 0 Å². The van der Waals surface area contributed by atoms with Gasteiger partial charge in [0.25, 0.3) is 0 Å². The molecule has 14 heavy (non-hydrogen) atoms. The van der Waals surface area contributed by atoms with Gasteiger partial charge < -0.3 is 5.32 Å². The summed E-state index contributed by atoms with van der Waals surface area (Å²) in [6.07, 6.45) is 1.17. The summed E-state index contributed by atoms with van der Waals surface area (Å²) in [7, 11) is 0. The lowest BCUT2D eigenvalue weighted by atomic mass is 10.2. The van der Waals surface area contributed by atoms with E-state index in [0.717, 1.165) is 12.3 Å². The van der Waals surface area contributed by atoms with E-state index in [9.17, 15) is 0 Å². The number of hydrogen-bond acceptors (Lipinski definition) is 2. The third-order valence-electron chi connectivity index (χ3n) is 2.01. The summed E-state index contributed by atoms with van der Waals surface area (Å²) in [5.74, 6) is 2.32. The lowest BCUT2D eigenvalue weighted by Crippen LogP contribution is -1.99. The van der Waals surface area contributed by atoms with Crippen LogP contribution >= 0.6 is 11.8 Å². The van der Waals surface area contributed by atoms with E-state index in [-0.39, 0.29) is 0 Å². The second-order valence-electron chi connectivity index (χ2n) is 3.26. The normalized spacial score (nSPS) is 10.1. The van der Waals surface area contributed by atoms with Crippen LogP contribution in [0.4, 0.5) is 5.69 Å². The second kappa shape index (κ2) is 6.77. The fourth-order valence-electron chi connectivity index (χ4n) is 1.21. The van der Waals surface area contributed by atoms with Crippen molar-refractivity contribution in [3.05, 3.63) is 29.8 Å². The Hall–Kier alpha value is -0.630. The maximum atomic E-state index is 3.37. The van der Waals surface area contributed by atoms with Crippen molar-refractivity contribution in [2.45, 2.75) is 26.0 Å². The monoisotopic (exact) mass is 209 g/mol. The predicted molar refractivity (Wildman–Crippen MR) is 67.1 cm³/mol. The molecule has 78 valence electrons. The van der Waals surface area contributed by atoms with Crippen LogP contribution in [0.1, 0.15) is 25.8 Å². The molecule has 0 spiro atoms. The first-order chi connectivity index (χ1) is 6.86. The SMILES string of the molecule is CCCNc1ccc(CSCC)cc1. The smallest absolute Gasteiger partial charge is 0.0340 e. The van der Waals surface area contributed by atoms with Gasteiger partial charge in [-0.1, -0.05) is 26.0 Å². The largest absolute Gasteiger partial charge is 0.385 e. The Morgan fingerprint density at radius 2 is 1.86 bits per heavy atom. The van der Waals surface area contributed by atoms with Gasteiger partial charge in [0, 0.05) is 18.0 Å². The predicted octanol–water partition coefficient (Wildman–Crippen LogP) is 3.76. The van der Waals surface area contributed by atoms with Crippen LogP contribution in [0.2, 0.25) is 0 Å². The Kier molecular flexibility index (Phi) is 5.53. The Bertz CT molecular complexity index is 216. The molecule has 0 radical (unpaired) electrons. The van der Waals surface area contributed by atoms with Crippen LogP contribution in [0.3, 0.4) is 0 Å². The second-order valence-corrected chi connectivity index (χ2v) is 4.54. The van der Waals surface area contributed by atoms with Crippen LogP contribution in [-0.4, -0.2) is 12.3 Å². The van der Waals surface area contributed by atoms with Crippen LogP contribution in [0.25, 0.3) is 0 Å². The molecule has 0 saturated carbocycles. The van der Waals surface area contributed by atoms with E-state index in [0.29, 0.717) is 0 Å². The zero-order chi connectivity index (χ0) is 10.2. The fourth-order valence-corrected chi connectivity index (χ4v) is 1.84. The van der Waals surface area contributed by atoms with E-state index in [1.807, 2.05) is 11.8 Å². The van der Waals surface area contributed by atoms with Gasteiger partial charge in [-0.15, -0.1) is 0 Å². The van der Waals surface area contributed by atoms with Gasteiger partial charge in [0.1, 0.15) is 0 Å². The summed E-state index contributed by atoms with van der Waals surface area (Å²) in [6, 6.07) is 8.75. The topological polar surface area (TPSA) is 12.0 Å². The Morgan fingerprint density at radius 3 is 2.43 bits per heavy atom. The highest BCUT2D eigenvalue weighted by Gasteiger charge is 1.93. The molecule has 1 N–H and O–H groups in total. The van der Waals surface area contributed by atoms with Gasteiger partial charge in [0.05, 0.1) is 0 Å². The Labute approximate surface area is 91.3 Å². The van der Waals surface area contributed by atoms with Crippen molar-refractivity contribution in [1.82, 2.24) is 0 Å². The number of thioether (sulfide) groups is 1. The molecule has 2 heteroatoms. The summed E-state index contributed by atoms with van der Waals surface area (Å²) >= 11 is 1.96. The highest BCUT2D eigenvalue weighted by Crippen LogP contribution is 2.14. The van der Waals surface area contributed by atoms with Crippen molar-refractivity contribution in [3.63, 3.8) is 0 Å². The molecule has 1 nitrogen and oxygen atoms in total. The average Bonchev–Trinajstić information content (AvgIpc) is 2.25. The standard InChI is InChI=1S/C12H19NS/c1-3-9-13-12-7-5-11(6-8-12)10-14-4-2/h5-8,13H,3-4,9-10H2,1-2H3. The van der Waals surface area contributed by atoms with Gasteiger partial charge >= 0.3 is 0 Å². The molecule has 0 aliphatic rings. The minimum atomic E-state index is 1.06. The maximum absolute atomic E-state index is 3.37. The molecular weight excluding hydrogens is 190 g/mol. The molecule has 1 rings (SSSR count). The molecule has 0 aliphatic heterocycles. The molecule has 0 aromatic heterocycles. The van der Waals surface area contributed by atoms with Crippen molar-refractivity contribution in [3.8, 4) is 0 Å². The molecule has 0 heterocycles. The number of rotatable bonds is 6. The number of benzene rings is 1. The highest BCUT2D eigenvalue weighted by atomic mass is 32.2. The number of nitrogens with one attached hydrogen (secondary N) is 1. The van der Waals surface area contributed by atoms with Crippen LogP contribution in [0.5, 0.6) is 0 Å². The van der Waals surface area contributed by atoms with Gasteiger partial charge in [0.2, 0.25) is 0 Å². The summed E-state index contributed by atoms with van der Waals surface area (Å²) in [5, 5.41) is 3.37. The lowest BCUT2D eigenvalue weighted by Gasteiger charge is -2.05. The quantitative estimate of drug-likeness (QED) is 0.765. The average molecular weight is 209 g/mol. The number of anilines is 1. The van der Waals surface area contributed by atoms with Crippen molar-refractivity contribution in [1.29, 1.82) is 0 Å². The molecule has 0 bridgehead atoms. The minimum absolute atomic E-state index is 1.06.